The lowest BCUT2D eigenvalue weighted by molar-refractivity contribution is 0.193. The zero-order valence-electron chi connectivity index (χ0n) is 13.6. The molecule has 4 nitrogen and oxygen atoms in total. The number of rotatable bonds is 5. The molecule has 0 radical (unpaired) electrons. The molecule has 2 heterocycles. The van der Waals surface area contributed by atoms with E-state index >= 15 is 0 Å². The smallest absolute Gasteiger partial charge is 0.0537 e. The van der Waals surface area contributed by atoms with Crippen LogP contribution in [0.2, 0.25) is 0 Å². The van der Waals surface area contributed by atoms with Gasteiger partial charge in [0.2, 0.25) is 0 Å². The molecule has 0 unspecified atom stereocenters. The van der Waals surface area contributed by atoms with Crippen LogP contribution in [0.1, 0.15) is 36.2 Å². The third-order valence-electron chi connectivity index (χ3n) is 4.50. The van der Waals surface area contributed by atoms with E-state index in [0.717, 1.165) is 39.1 Å². The first-order valence-corrected chi connectivity index (χ1v) is 8.30. The van der Waals surface area contributed by atoms with Crippen molar-refractivity contribution in [3.05, 3.63) is 53.3 Å². The van der Waals surface area contributed by atoms with Crippen LogP contribution in [0.3, 0.4) is 0 Å². The number of nitrogens with one attached hydrogen (secondary N) is 1. The van der Waals surface area contributed by atoms with Gasteiger partial charge < -0.3 is 5.32 Å². The van der Waals surface area contributed by atoms with Gasteiger partial charge in [0, 0.05) is 50.0 Å². The average Bonchev–Trinajstić information content (AvgIpc) is 2.90. The molecule has 1 aromatic heterocycles. The van der Waals surface area contributed by atoms with E-state index < -0.39 is 0 Å². The molecule has 4 heteroatoms. The van der Waals surface area contributed by atoms with Crippen LogP contribution >= 0.6 is 0 Å². The summed E-state index contributed by atoms with van der Waals surface area (Å²) in [4.78, 5) is 2.54. The van der Waals surface area contributed by atoms with Crippen molar-refractivity contribution in [2.45, 2.75) is 39.4 Å². The van der Waals surface area contributed by atoms with Gasteiger partial charge in [0.05, 0.1) is 6.20 Å². The lowest BCUT2D eigenvalue weighted by Crippen LogP contribution is -2.45. The predicted octanol–water partition coefficient (Wildman–Crippen LogP) is 2.75. The van der Waals surface area contributed by atoms with E-state index in [1.165, 1.54) is 16.8 Å². The number of aromatic nitrogens is 2. The van der Waals surface area contributed by atoms with Crippen LogP contribution in [-0.2, 0) is 13.1 Å². The average molecular weight is 298 g/mol. The Hall–Kier alpha value is -1.65. The summed E-state index contributed by atoms with van der Waals surface area (Å²) in [5, 5.41) is 8.15. The summed E-state index contributed by atoms with van der Waals surface area (Å²) in [5.74, 6) is 0. The molecule has 0 amide bonds. The Kier molecular flexibility index (Phi) is 4.90. The first kappa shape index (κ1) is 15.3. The lowest BCUT2D eigenvalue weighted by atomic mass is 10.0. The van der Waals surface area contributed by atoms with E-state index in [1.807, 2.05) is 6.20 Å². The number of piperazine rings is 1. The molecule has 0 aliphatic carbocycles. The standard InChI is InChI=1S/C18H26N4/c1-3-10-22-15(2)17(12-20-22)13-21-11-9-19-18(14-21)16-7-5-4-6-8-16/h4-8,12,18-19H,3,9-11,13-14H2,1-2H3/t18-/m0/s1. The van der Waals surface area contributed by atoms with Crippen molar-refractivity contribution in [3.8, 4) is 0 Å². The summed E-state index contributed by atoms with van der Waals surface area (Å²) in [6.45, 7) is 9.60. The first-order chi connectivity index (χ1) is 10.8. The molecular weight excluding hydrogens is 272 g/mol. The second-order valence-electron chi connectivity index (χ2n) is 6.13. The van der Waals surface area contributed by atoms with Gasteiger partial charge in [0.25, 0.3) is 0 Å². The SMILES string of the molecule is CCCn1ncc(CN2CCN[C@H](c3ccccc3)C2)c1C. The minimum absolute atomic E-state index is 0.431. The Balaban J connectivity index is 1.65. The maximum Gasteiger partial charge on any atom is 0.0537 e. The van der Waals surface area contributed by atoms with E-state index in [1.54, 1.807) is 0 Å². The molecule has 1 aliphatic heterocycles. The van der Waals surface area contributed by atoms with Gasteiger partial charge in [-0.3, -0.25) is 9.58 Å². The maximum atomic E-state index is 4.52. The normalized spacial score (nSPS) is 19.5. The zero-order valence-corrected chi connectivity index (χ0v) is 13.6. The molecule has 1 aliphatic rings. The van der Waals surface area contributed by atoms with Gasteiger partial charge in [-0.2, -0.15) is 5.10 Å². The highest BCUT2D eigenvalue weighted by molar-refractivity contribution is 5.20. The molecule has 1 N–H and O–H groups in total. The van der Waals surface area contributed by atoms with Crippen LogP contribution < -0.4 is 5.32 Å². The fourth-order valence-corrected chi connectivity index (χ4v) is 3.18. The first-order valence-electron chi connectivity index (χ1n) is 8.30. The highest BCUT2D eigenvalue weighted by Crippen LogP contribution is 2.19. The monoisotopic (exact) mass is 298 g/mol. The third kappa shape index (κ3) is 3.39. The number of benzene rings is 1. The van der Waals surface area contributed by atoms with Crippen molar-refractivity contribution in [1.82, 2.24) is 20.0 Å². The molecule has 22 heavy (non-hydrogen) atoms. The van der Waals surface area contributed by atoms with Crippen LogP contribution in [0.15, 0.2) is 36.5 Å². The Morgan fingerprint density at radius 2 is 2.09 bits per heavy atom. The van der Waals surface area contributed by atoms with Gasteiger partial charge >= 0.3 is 0 Å². The number of aryl methyl sites for hydroxylation is 1. The number of nitrogens with zero attached hydrogens (tertiary/aromatic N) is 3. The number of hydrogen-bond donors (Lipinski definition) is 1. The molecule has 1 aromatic carbocycles. The van der Waals surface area contributed by atoms with E-state index in [2.05, 4.69) is 64.2 Å². The molecule has 0 saturated carbocycles. The molecule has 118 valence electrons. The maximum absolute atomic E-state index is 4.52. The minimum atomic E-state index is 0.431. The molecule has 1 saturated heterocycles. The predicted molar refractivity (Wildman–Crippen MR) is 89.7 cm³/mol. The quantitative estimate of drug-likeness (QED) is 0.921. The molecule has 0 bridgehead atoms. The topological polar surface area (TPSA) is 33.1 Å². The van der Waals surface area contributed by atoms with Gasteiger partial charge in [0.15, 0.2) is 0 Å². The Morgan fingerprint density at radius 1 is 1.27 bits per heavy atom. The van der Waals surface area contributed by atoms with E-state index in [9.17, 15) is 0 Å². The second-order valence-corrected chi connectivity index (χ2v) is 6.13. The molecule has 2 aromatic rings. The highest BCUT2D eigenvalue weighted by atomic mass is 15.3. The van der Waals surface area contributed by atoms with Crippen LogP contribution in [0.4, 0.5) is 0 Å². The second kappa shape index (κ2) is 7.07. The van der Waals surface area contributed by atoms with Crippen molar-refractivity contribution in [3.63, 3.8) is 0 Å². The molecule has 1 atom stereocenters. The van der Waals surface area contributed by atoms with Gasteiger partial charge in [-0.05, 0) is 18.9 Å². The van der Waals surface area contributed by atoms with Crippen molar-refractivity contribution >= 4 is 0 Å². The van der Waals surface area contributed by atoms with E-state index in [4.69, 9.17) is 0 Å². The molecule has 0 spiro atoms. The largest absolute Gasteiger partial charge is 0.308 e. The summed E-state index contributed by atoms with van der Waals surface area (Å²) in [6, 6.07) is 11.2. The Labute approximate surface area is 133 Å². The summed E-state index contributed by atoms with van der Waals surface area (Å²) < 4.78 is 2.13. The zero-order chi connectivity index (χ0) is 15.4. The Bertz CT molecular complexity index is 590. The lowest BCUT2D eigenvalue weighted by Gasteiger charge is -2.34. The summed E-state index contributed by atoms with van der Waals surface area (Å²) >= 11 is 0. The van der Waals surface area contributed by atoms with Crippen LogP contribution in [0.25, 0.3) is 0 Å². The van der Waals surface area contributed by atoms with Crippen LogP contribution in [0, 0.1) is 6.92 Å². The van der Waals surface area contributed by atoms with Gasteiger partial charge in [-0.15, -0.1) is 0 Å². The van der Waals surface area contributed by atoms with Crippen molar-refractivity contribution in [2.24, 2.45) is 0 Å². The third-order valence-corrected chi connectivity index (χ3v) is 4.50. The molecule has 1 fully saturated rings. The van der Waals surface area contributed by atoms with E-state index in [-0.39, 0.29) is 0 Å². The van der Waals surface area contributed by atoms with Gasteiger partial charge in [0.1, 0.15) is 0 Å². The fourth-order valence-electron chi connectivity index (χ4n) is 3.18. The summed E-state index contributed by atoms with van der Waals surface area (Å²) in [7, 11) is 0. The van der Waals surface area contributed by atoms with Crippen molar-refractivity contribution < 1.29 is 0 Å². The molecule has 3 rings (SSSR count). The Morgan fingerprint density at radius 3 is 2.86 bits per heavy atom. The van der Waals surface area contributed by atoms with Crippen molar-refractivity contribution in [2.75, 3.05) is 19.6 Å². The minimum Gasteiger partial charge on any atom is -0.308 e. The summed E-state index contributed by atoms with van der Waals surface area (Å²) in [6.07, 6.45) is 3.18. The number of hydrogen-bond acceptors (Lipinski definition) is 3. The summed E-state index contributed by atoms with van der Waals surface area (Å²) in [5.41, 5.74) is 4.06. The van der Waals surface area contributed by atoms with E-state index in [0.29, 0.717) is 6.04 Å². The van der Waals surface area contributed by atoms with Crippen LogP contribution in [0.5, 0.6) is 0 Å². The van der Waals surface area contributed by atoms with Crippen LogP contribution in [-0.4, -0.2) is 34.3 Å². The highest BCUT2D eigenvalue weighted by Gasteiger charge is 2.21. The molecular formula is C18H26N4. The van der Waals surface area contributed by atoms with Crippen molar-refractivity contribution in [1.29, 1.82) is 0 Å². The van der Waals surface area contributed by atoms with Gasteiger partial charge in [-0.1, -0.05) is 37.3 Å². The fraction of sp³-hybridized carbons (Fsp3) is 0.500. The van der Waals surface area contributed by atoms with Gasteiger partial charge in [-0.25, -0.2) is 0 Å².